The van der Waals surface area contributed by atoms with E-state index < -0.39 is 0 Å². The van der Waals surface area contributed by atoms with Crippen LogP contribution in [0.3, 0.4) is 0 Å². The molecule has 3 nitrogen and oxygen atoms in total. The molecule has 2 aliphatic carbocycles. The van der Waals surface area contributed by atoms with Crippen molar-refractivity contribution in [2.75, 3.05) is 42.3 Å². The fourth-order valence-corrected chi connectivity index (χ4v) is 1.94. The predicted octanol–water partition coefficient (Wildman–Crippen LogP) is 4.72. The van der Waals surface area contributed by atoms with Crippen molar-refractivity contribution in [2.24, 2.45) is 5.92 Å². The fourth-order valence-electron chi connectivity index (χ4n) is 1.94. The Kier molecular flexibility index (Phi) is 27.2. The molecule has 0 heterocycles. The van der Waals surface area contributed by atoms with Crippen molar-refractivity contribution in [1.29, 1.82) is 0 Å². The first-order valence-electron chi connectivity index (χ1n) is 6.92. The van der Waals surface area contributed by atoms with Crippen LogP contribution in [0.1, 0.15) is 32.1 Å². The van der Waals surface area contributed by atoms with Gasteiger partial charge in [0.05, 0.1) is 0 Å². The first kappa shape index (κ1) is 25.2. The zero-order chi connectivity index (χ0) is 14.9. The van der Waals surface area contributed by atoms with E-state index in [0.717, 1.165) is 12.3 Å². The summed E-state index contributed by atoms with van der Waals surface area (Å²) in [5.41, 5.74) is 1.50. The second-order valence-electron chi connectivity index (χ2n) is 4.56. The maximum Gasteiger partial charge on any atom is 4.00 e. The van der Waals surface area contributed by atoms with Crippen LogP contribution in [0.15, 0.2) is 17.7 Å². The molecule has 0 aromatic rings. The third kappa shape index (κ3) is 16.3. The maximum atomic E-state index is 3.50. The molecule has 0 bridgehead atoms. The van der Waals surface area contributed by atoms with Crippen LogP contribution in [0.25, 0.3) is 16.0 Å². The molecule has 0 N–H and O–H groups in total. The molecule has 20 heavy (non-hydrogen) atoms. The first-order valence-corrected chi connectivity index (χ1v) is 6.92. The molecule has 4 heteroatoms. The summed E-state index contributed by atoms with van der Waals surface area (Å²) in [7, 11) is 10.5. The van der Waals surface area contributed by atoms with Crippen molar-refractivity contribution in [3.63, 3.8) is 0 Å². The Morgan fingerprint density at radius 1 is 0.900 bits per heavy atom. The zero-order valence-corrected chi connectivity index (χ0v) is 16.6. The summed E-state index contributed by atoms with van der Waals surface area (Å²) in [5, 5.41) is 10.5. The normalized spacial score (nSPS) is 15.6. The molecule has 0 atom stereocenters. The van der Waals surface area contributed by atoms with E-state index in [2.05, 4.69) is 34.2 Å². The predicted molar refractivity (Wildman–Crippen MR) is 88.1 cm³/mol. The van der Waals surface area contributed by atoms with Crippen LogP contribution in [0.2, 0.25) is 0 Å². The molecule has 0 amide bonds. The van der Waals surface area contributed by atoms with Gasteiger partial charge in [-0.2, -0.15) is 48.4 Å². The maximum absolute atomic E-state index is 3.50. The number of hydrogen-bond acceptors (Lipinski definition) is 0. The minimum Gasteiger partial charge on any atom is -0.668 e. The fraction of sp³-hybridized carbons (Fsp3) is 0.750. The summed E-state index contributed by atoms with van der Waals surface area (Å²) in [6, 6.07) is 0. The van der Waals surface area contributed by atoms with Crippen LogP contribution in [0.5, 0.6) is 0 Å². The Labute approximate surface area is 146 Å². The Hall–Kier alpha value is 0.243. The van der Waals surface area contributed by atoms with E-state index in [4.69, 9.17) is 0 Å². The van der Waals surface area contributed by atoms with E-state index in [9.17, 15) is 0 Å². The van der Waals surface area contributed by atoms with E-state index in [1.807, 2.05) is 0 Å². The van der Waals surface area contributed by atoms with Crippen LogP contribution < -0.4 is 0 Å². The molecule has 0 radical (unpaired) electrons. The number of hydrogen-bond donors (Lipinski definition) is 0. The van der Waals surface area contributed by atoms with Gasteiger partial charge in [0, 0.05) is 0 Å². The summed E-state index contributed by atoms with van der Waals surface area (Å²) in [4.78, 5) is 0. The van der Waals surface area contributed by atoms with Crippen molar-refractivity contribution in [1.82, 2.24) is 0 Å². The van der Waals surface area contributed by atoms with Gasteiger partial charge in [-0.15, -0.1) is 6.42 Å². The SMILES string of the molecule is C[N-]C.C[N-]C.C[N-]C.[C-]1=C(C2CCCC2)C=CC1.[Zr+4]. The summed E-state index contributed by atoms with van der Waals surface area (Å²) in [6.07, 6.45) is 14.6. The van der Waals surface area contributed by atoms with Crippen molar-refractivity contribution >= 4 is 0 Å². The van der Waals surface area contributed by atoms with Crippen molar-refractivity contribution in [2.45, 2.75) is 32.1 Å². The molecule has 0 unspecified atom stereocenters. The molecule has 1 saturated carbocycles. The van der Waals surface area contributed by atoms with Gasteiger partial charge in [-0.05, 0) is 18.8 Å². The van der Waals surface area contributed by atoms with E-state index in [0.29, 0.717) is 0 Å². The Morgan fingerprint density at radius 3 is 1.60 bits per heavy atom. The second kappa shape index (κ2) is 21.5. The van der Waals surface area contributed by atoms with Crippen LogP contribution in [0.4, 0.5) is 0 Å². The minimum absolute atomic E-state index is 0. The standard InChI is InChI=1S/C10H13.3C2H6N.Zr/c1-2-6-9(5-1)10-7-3-4-8-10;3*1-3-2;/h1,5,10H,2-4,7-8H2;3*1-2H3;/q4*-1;+4. The molecule has 0 spiro atoms. The summed E-state index contributed by atoms with van der Waals surface area (Å²) < 4.78 is 0. The van der Waals surface area contributed by atoms with E-state index in [1.54, 1.807) is 42.3 Å². The molecule has 2 aliphatic rings. The van der Waals surface area contributed by atoms with E-state index >= 15 is 0 Å². The van der Waals surface area contributed by atoms with Crippen LogP contribution in [-0.4, -0.2) is 42.3 Å². The van der Waals surface area contributed by atoms with Gasteiger partial charge in [0.15, 0.2) is 0 Å². The molecule has 1 fully saturated rings. The van der Waals surface area contributed by atoms with Gasteiger partial charge < -0.3 is 16.0 Å². The van der Waals surface area contributed by atoms with Gasteiger partial charge in [-0.3, -0.25) is 6.08 Å². The van der Waals surface area contributed by atoms with Gasteiger partial charge in [-0.1, -0.05) is 12.8 Å². The zero-order valence-electron chi connectivity index (χ0n) is 14.1. The topological polar surface area (TPSA) is 42.3 Å². The summed E-state index contributed by atoms with van der Waals surface area (Å²) in [5.74, 6) is 0.874. The van der Waals surface area contributed by atoms with Gasteiger partial charge in [-0.25, -0.2) is 11.6 Å². The van der Waals surface area contributed by atoms with Crippen LogP contribution in [-0.2, 0) is 26.2 Å². The van der Waals surface area contributed by atoms with Crippen LogP contribution >= 0.6 is 0 Å². The van der Waals surface area contributed by atoms with Crippen molar-refractivity contribution < 1.29 is 26.2 Å². The molecular formula is C16H31N3Zr. The third-order valence-corrected chi connectivity index (χ3v) is 2.52. The average molecular weight is 357 g/mol. The van der Waals surface area contributed by atoms with Crippen LogP contribution in [0, 0.1) is 12.0 Å². The van der Waals surface area contributed by atoms with E-state index in [1.165, 1.54) is 31.3 Å². The van der Waals surface area contributed by atoms with Crippen molar-refractivity contribution in [3.8, 4) is 0 Å². The minimum atomic E-state index is 0. The first-order chi connectivity index (χ1) is 9.21. The number of nitrogens with zero attached hydrogens (tertiary/aromatic N) is 3. The largest absolute Gasteiger partial charge is 4.00 e. The summed E-state index contributed by atoms with van der Waals surface area (Å²) >= 11 is 0. The molecule has 2 rings (SSSR count). The third-order valence-electron chi connectivity index (χ3n) is 2.52. The second-order valence-corrected chi connectivity index (χ2v) is 4.56. The monoisotopic (exact) mass is 355 g/mol. The van der Waals surface area contributed by atoms with Gasteiger partial charge in [0.25, 0.3) is 0 Å². The van der Waals surface area contributed by atoms with Crippen molar-refractivity contribution in [3.05, 3.63) is 39.8 Å². The molecule has 0 aromatic carbocycles. The Balaban J connectivity index is -0.000000247. The van der Waals surface area contributed by atoms with Gasteiger partial charge in [0.2, 0.25) is 0 Å². The smallest absolute Gasteiger partial charge is 0.668 e. The Bertz CT molecular complexity index is 217. The average Bonchev–Trinajstić information content (AvgIpc) is 3.05. The molecule has 0 saturated heterocycles. The van der Waals surface area contributed by atoms with E-state index in [-0.39, 0.29) is 26.2 Å². The molecule has 0 aromatic heterocycles. The van der Waals surface area contributed by atoms with Gasteiger partial charge >= 0.3 is 26.2 Å². The number of allylic oxidation sites excluding steroid dienone is 4. The quantitative estimate of drug-likeness (QED) is 0.610. The molecule has 114 valence electrons. The van der Waals surface area contributed by atoms with Gasteiger partial charge in [0.1, 0.15) is 0 Å². The molecular weight excluding hydrogens is 325 g/mol. The number of rotatable bonds is 1. The summed E-state index contributed by atoms with van der Waals surface area (Å²) in [6.45, 7) is 0. The molecule has 0 aliphatic heterocycles. The Morgan fingerprint density at radius 2 is 1.30 bits per heavy atom.